The first-order valence-corrected chi connectivity index (χ1v) is 7.75. The van der Waals surface area contributed by atoms with Crippen molar-refractivity contribution >= 4 is 11.7 Å². The fourth-order valence-electron chi connectivity index (χ4n) is 2.40. The predicted molar refractivity (Wildman–Crippen MR) is 91.3 cm³/mol. The topological polar surface area (TPSA) is 69.0 Å². The van der Waals surface area contributed by atoms with E-state index in [-0.39, 0.29) is 23.1 Å². The van der Waals surface area contributed by atoms with Gasteiger partial charge in [0, 0.05) is 36.5 Å². The highest BCUT2D eigenvalue weighted by Gasteiger charge is 2.15. The first-order chi connectivity index (χ1) is 12.3. The zero-order valence-electron chi connectivity index (χ0n) is 14.4. The van der Waals surface area contributed by atoms with Crippen molar-refractivity contribution in [1.82, 2.24) is 14.8 Å². The van der Waals surface area contributed by atoms with E-state index in [1.165, 1.54) is 18.3 Å². The first-order valence-electron chi connectivity index (χ1n) is 7.75. The fourth-order valence-corrected chi connectivity index (χ4v) is 2.40. The van der Waals surface area contributed by atoms with E-state index in [1.54, 1.807) is 11.7 Å². The second-order valence-electron chi connectivity index (χ2n) is 5.70. The van der Waals surface area contributed by atoms with Gasteiger partial charge in [-0.2, -0.15) is 5.10 Å². The van der Waals surface area contributed by atoms with Crippen molar-refractivity contribution in [2.24, 2.45) is 7.05 Å². The Morgan fingerprint density at radius 3 is 2.62 bits per heavy atom. The van der Waals surface area contributed by atoms with Crippen LogP contribution in [-0.2, 0) is 7.05 Å². The zero-order valence-corrected chi connectivity index (χ0v) is 14.4. The lowest BCUT2D eigenvalue weighted by molar-refractivity contribution is 0.102. The van der Waals surface area contributed by atoms with Gasteiger partial charge in [0.1, 0.15) is 11.6 Å². The van der Waals surface area contributed by atoms with Gasteiger partial charge in [-0.1, -0.05) is 0 Å². The predicted octanol–water partition coefficient (Wildman–Crippen LogP) is 3.75. The maximum Gasteiger partial charge on any atom is 0.257 e. The maximum atomic E-state index is 13.7. The molecule has 1 aromatic carbocycles. The van der Waals surface area contributed by atoms with Crippen LogP contribution in [0.5, 0.6) is 11.6 Å². The van der Waals surface area contributed by atoms with E-state index >= 15 is 0 Å². The maximum absolute atomic E-state index is 13.7. The van der Waals surface area contributed by atoms with Crippen LogP contribution in [0.4, 0.5) is 14.6 Å². The molecule has 0 aliphatic heterocycles. The number of nitrogens with zero attached hydrogens (tertiary/aromatic N) is 3. The molecule has 0 aliphatic rings. The second kappa shape index (κ2) is 6.91. The van der Waals surface area contributed by atoms with Gasteiger partial charge < -0.3 is 10.1 Å². The Morgan fingerprint density at radius 1 is 1.19 bits per heavy atom. The number of ether oxygens (including phenoxy) is 1. The van der Waals surface area contributed by atoms with Crippen LogP contribution in [0, 0.1) is 25.5 Å². The van der Waals surface area contributed by atoms with Crippen LogP contribution in [-0.4, -0.2) is 20.7 Å². The summed E-state index contributed by atoms with van der Waals surface area (Å²) in [6.07, 6.45) is 1.37. The van der Waals surface area contributed by atoms with E-state index in [9.17, 15) is 13.6 Å². The summed E-state index contributed by atoms with van der Waals surface area (Å²) in [7, 11) is 1.73. The van der Waals surface area contributed by atoms with Gasteiger partial charge in [-0.3, -0.25) is 9.48 Å². The Labute approximate surface area is 148 Å². The molecular formula is C18H16F2N4O2. The number of rotatable bonds is 4. The minimum Gasteiger partial charge on any atom is -0.436 e. The second-order valence-corrected chi connectivity index (χ2v) is 5.70. The molecule has 3 rings (SSSR count). The lowest BCUT2D eigenvalue weighted by Crippen LogP contribution is -2.15. The highest BCUT2D eigenvalue weighted by atomic mass is 19.1. The molecule has 26 heavy (non-hydrogen) atoms. The van der Waals surface area contributed by atoms with Crippen molar-refractivity contribution in [3.63, 3.8) is 0 Å². The monoisotopic (exact) mass is 358 g/mol. The molecule has 1 amide bonds. The Hall–Kier alpha value is -3.29. The summed E-state index contributed by atoms with van der Waals surface area (Å²) in [4.78, 5) is 16.4. The normalized spacial score (nSPS) is 10.7. The zero-order chi connectivity index (χ0) is 18.8. The van der Waals surface area contributed by atoms with Crippen LogP contribution in [0.15, 0.2) is 36.5 Å². The molecule has 0 radical (unpaired) electrons. The number of carbonyl (C=O) groups is 1. The van der Waals surface area contributed by atoms with Crippen LogP contribution in [0.25, 0.3) is 0 Å². The van der Waals surface area contributed by atoms with Crippen molar-refractivity contribution < 1.29 is 18.3 Å². The van der Waals surface area contributed by atoms with E-state index in [4.69, 9.17) is 4.74 Å². The van der Waals surface area contributed by atoms with E-state index in [0.717, 1.165) is 23.4 Å². The molecular weight excluding hydrogens is 342 g/mol. The molecule has 0 atom stereocenters. The Balaban J connectivity index is 1.81. The van der Waals surface area contributed by atoms with E-state index in [0.29, 0.717) is 11.9 Å². The summed E-state index contributed by atoms with van der Waals surface area (Å²) in [6, 6.07) is 5.81. The number of hydrogen-bond acceptors (Lipinski definition) is 4. The van der Waals surface area contributed by atoms with E-state index in [2.05, 4.69) is 15.4 Å². The molecule has 8 heteroatoms. The number of hydrogen-bond donors (Lipinski definition) is 1. The molecule has 2 aromatic heterocycles. The third-order valence-corrected chi connectivity index (χ3v) is 3.86. The third-order valence-electron chi connectivity index (χ3n) is 3.86. The largest absolute Gasteiger partial charge is 0.436 e. The lowest BCUT2D eigenvalue weighted by atomic mass is 10.2. The van der Waals surface area contributed by atoms with Gasteiger partial charge in [0.2, 0.25) is 5.88 Å². The smallest absolute Gasteiger partial charge is 0.257 e. The van der Waals surface area contributed by atoms with E-state index in [1.807, 2.05) is 13.8 Å². The van der Waals surface area contributed by atoms with Crippen LogP contribution >= 0.6 is 0 Å². The van der Waals surface area contributed by atoms with Gasteiger partial charge >= 0.3 is 0 Å². The van der Waals surface area contributed by atoms with Gasteiger partial charge in [0.15, 0.2) is 11.6 Å². The molecule has 0 aliphatic carbocycles. The van der Waals surface area contributed by atoms with Crippen LogP contribution in [0.1, 0.15) is 21.6 Å². The molecule has 0 spiro atoms. The average Bonchev–Trinajstić information content (AvgIpc) is 2.84. The summed E-state index contributed by atoms with van der Waals surface area (Å²) in [6.45, 7) is 3.71. The van der Waals surface area contributed by atoms with Crippen molar-refractivity contribution in [2.75, 3.05) is 5.32 Å². The minimum atomic E-state index is -0.859. The van der Waals surface area contributed by atoms with Crippen molar-refractivity contribution in [1.29, 1.82) is 0 Å². The van der Waals surface area contributed by atoms with E-state index < -0.39 is 11.6 Å². The lowest BCUT2D eigenvalue weighted by Gasteiger charge is -2.09. The Kier molecular flexibility index (Phi) is 4.66. The molecule has 3 aromatic rings. The number of aryl methyl sites for hydroxylation is 2. The highest BCUT2D eigenvalue weighted by Crippen LogP contribution is 2.24. The molecule has 2 heterocycles. The summed E-state index contributed by atoms with van der Waals surface area (Å²) in [5.74, 6) is -1.55. The standard InChI is InChI=1S/C18H16F2N4O2/c1-10-11(2)23-24(3)17(10)22-18(25)12-6-7-21-16(8-12)26-15-5-4-13(19)9-14(15)20/h4-9H,1-3H3,(H,22,25). The number of carbonyl (C=O) groups excluding carboxylic acids is 1. The number of aromatic nitrogens is 3. The first kappa shape index (κ1) is 17.5. The number of anilines is 1. The molecule has 6 nitrogen and oxygen atoms in total. The van der Waals surface area contributed by atoms with Crippen molar-refractivity contribution in [2.45, 2.75) is 13.8 Å². The summed E-state index contributed by atoms with van der Waals surface area (Å²) in [5, 5.41) is 7.02. The Bertz CT molecular complexity index is 985. The SMILES string of the molecule is Cc1nn(C)c(NC(=O)c2ccnc(Oc3ccc(F)cc3F)c2)c1C. The van der Waals surface area contributed by atoms with Gasteiger partial charge in [0.05, 0.1) is 5.69 Å². The van der Waals surface area contributed by atoms with Crippen molar-refractivity contribution in [3.8, 4) is 11.6 Å². The number of nitrogens with one attached hydrogen (secondary N) is 1. The number of benzene rings is 1. The number of halogens is 2. The van der Waals surface area contributed by atoms with Crippen LogP contribution < -0.4 is 10.1 Å². The molecule has 134 valence electrons. The van der Waals surface area contributed by atoms with Crippen molar-refractivity contribution in [3.05, 3.63) is 65.0 Å². The number of pyridine rings is 1. The fraction of sp³-hybridized carbons (Fsp3) is 0.167. The quantitative estimate of drug-likeness (QED) is 0.771. The molecule has 0 bridgehead atoms. The summed E-state index contributed by atoms with van der Waals surface area (Å²) >= 11 is 0. The van der Waals surface area contributed by atoms with Crippen LogP contribution in [0.3, 0.4) is 0 Å². The molecule has 0 unspecified atom stereocenters. The van der Waals surface area contributed by atoms with Gasteiger partial charge in [0.25, 0.3) is 5.91 Å². The summed E-state index contributed by atoms with van der Waals surface area (Å²) < 4.78 is 33.5. The molecule has 1 N–H and O–H groups in total. The summed E-state index contributed by atoms with van der Waals surface area (Å²) in [5.41, 5.74) is 1.95. The highest BCUT2D eigenvalue weighted by molar-refractivity contribution is 6.04. The Morgan fingerprint density at radius 2 is 1.96 bits per heavy atom. The van der Waals surface area contributed by atoms with Gasteiger partial charge in [-0.15, -0.1) is 0 Å². The van der Waals surface area contributed by atoms with Gasteiger partial charge in [-0.25, -0.2) is 13.8 Å². The van der Waals surface area contributed by atoms with Gasteiger partial charge in [-0.05, 0) is 32.0 Å². The molecule has 0 saturated heterocycles. The third kappa shape index (κ3) is 3.53. The molecule has 0 fully saturated rings. The number of amides is 1. The average molecular weight is 358 g/mol. The molecule has 0 saturated carbocycles. The minimum absolute atomic E-state index is 0.0149. The van der Waals surface area contributed by atoms with Crippen LogP contribution in [0.2, 0.25) is 0 Å².